The molecule has 0 spiro atoms. The lowest BCUT2D eigenvalue weighted by molar-refractivity contribution is -0.117. The van der Waals surface area contributed by atoms with Gasteiger partial charge in [0.05, 0.1) is 18.7 Å². The molecule has 1 fully saturated rings. The second-order valence-electron chi connectivity index (χ2n) is 6.98. The van der Waals surface area contributed by atoms with Crippen LogP contribution in [0.15, 0.2) is 11.6 Å². The Kier molecular flexibility index (Phi) is 6.92. The van der Waals surface area contributed by atoms with E-state index in [2.05, 4.69) is 39.3 Å². The van der Waals surface area contributed by atoms with Crippen molar-refractivity contribution in [3.05, 3.63) is 22.1 Å². The Labute approximate surface area is 167 Å². The van der Waals surface area contributed by atoms with Crippen molar-refractivity contribution in [3.8, 4) is 0 Å². The summed E-state index contributed by atoms with van der Waals surface area (Å²) in [6, 6.07) is 0. The van der Waals surface area contributed by atoms with Crippen molar-refractivity contribution < 1.29 is 9.59 Å². The fourth-order valence-corrected chi connectivity index (χ4v) is 4.43. The van der Waals surface area contributed by atoms with E-state index in [4.69, 9.17) is 0 Å². The maximum atomic E-state index is 12.2. The molecule has 9 heteroatoms. The smallest absolute Gasteiger partial charge is 0.240 e. The molecular formula is C18H25N5O2S2. The minimum absolute atomic E-state index is 0.0498. The molecule has 2 aromatic heterocycles. The summed E-state index contributed by atoms with van der Waals surface area (Å²) in [4.78, 5) is 36.2. The predicted octanol–water partition coefficient (Wildman–Crippen LogP) is 3.33. The van der Waals surface area contributed by atoms with Gasteiger partial charge in [-0.3, -0.25) is 14.5 Å². The van der Waals surface area contributed by atoms with E-state index in [0.29, 0.717) is 28.4 Å². The summed E-state index contributed by atoms with van der Waals surface area (Å²) < 4.78 is 0. The first-order chi connectivity index (χ1) is 13.0. The van der Waals surface area contributed by atoms with Gasteiger partial charge in [0.1, 0.15) is 0 Å². The number of thiazole rings is 2. The largest absolute Gasteiger partial charge is 0.302 e. The number of carbonyl (C=O) groups is 2. The van der Waals surface area contributed by atoms with E-state index in [1.54, 1.807) is 11.6 Å². The minimum atomic E-state index is -0.156. The van der Waals surface area contributed by atoms with Gasteiger partial charge >= 0.3 is 0 Å². The molecule has 1 aliphatic rings. The lowest BCUT2D eigenvalue weighted by atomic mass is 10.1. The van der Waals surface area contributed by atoms with Crippen molar-refractivity contribution in [2.45, 2.75) is 45.4 Å². The number of carbonyl (C=O) groups excluding carboxylic acids is 2. The van der Waals surface area contributed by atoms with Crippen LogP contribution in [0.25, 0.3) is 0 Å². The van der Waals surface area contributed by atoms with Crippen LogP contribution in [0.1, 0.15) is 49.6 Å². The normalized spacial score (nSPS) is 15.1. The van der Waals surface area contributed by atoms with Gasteiger partial charge in [-0.05, 0) is 31.8 Å². The van der Waals surface area contributed by atoms with E-state index in [1.165, 1.54) is 29.1 Å². The monoisotopic (exact) mass is 407 g/mol. The van der Waals surface area contributed by atoms with Crippen LogP contribution < -0.4 is 10.6 Å². The van der Waals surface area contributed by atoms with Gasteiger partial charge in [0.15, 0.2) is 10.3 Å². The number of nitrogens with zero attached hydrogens (tertiary/aromatic N) is 3. The molecule has 1 aliphatic heterocycles. The molecule has 0 aliphatic carbocycles. The number of nitrogens with one attached hydrogen (secondary N) is 2. The summed E-state index contributed by atoms with van der Waals surface area (Å²) in [5.41, 5.74) is 0.645. The Morgan fingerprint density at radius 1 is 1.15 bits per heavy atom. The zero-order chi connectivity index (χ0) is 19.2. The van der Waals surface area contributed by atoms with Gasteiger partial charge in [0, 0.05) is 16.5 Å². The Morgan fingerprint density at radius 2 is 1.89 bits per heavy atom. The Balaban J connectivity index is 1.46. The Hall–Kier alpha value is -1.84. The van der Waals surface area contributed by atoms with Crippen LogP contribution in [0.5, 0.6) is 0 Å². The highest BCUT2D eigenvalue weighted by Crippen LogP contribution is 2.25. The van der Waals surface area contributed by atoms with Gasteiger partial charge in [-0.2, -0.15) is 0 Å². The number of likely N-dealkylation sites (tertiary alicyclic amines) is 1. The molecule has 146 valence electrons. The summed E-state index contributed by atoms with van der Waals surface area (Å²) >= 11 is 2.83. The lowest BCUT2D eigenvalue weighted by Gasteiger charge is -2.25. The molecule has 1 saturated heterocycles. The van der Waals surface area contributed by atoms with Gasteiger partial charge in [0.2, 0.25) is 11.8 Å². The van der Waals surface area contributed by atoms with Crippen molar-refractivity contribution in [3.63, 3.8) is 0 Å². The van der Waals surface area contributed by atoms with Gasteiger partial charge < -0.3 is 10.6 Å². The number of hydrogen-bond donors (Lipinski definition) is 2. The lowest BCUT2D eigenvalue weighted by Crippen LogP contribution is -2.36. The minimum Gasteiger partial charge on any atom is -0.302 e. The van der Waals surface area contributed by atoms with Crippen LogP contribution in [-0.4, -0.2) is 46.3 Å². The number of amides is 2. The summed E-state index contributed by atoms with van der Waals surface area (Å²) in [6.45, 7) is 6.54. The molecule has 7 nitrogen and oxygen atoms in total. The third-order valence-electron chi connectivity index (χ3n) is 4.29. The molecule has 0 radical (unpaired) electrons. The molecule has 2 aromatic rings. The summed E-state index contributed by atoms with van der Waals surface area (Å²) in [5, 5.41) is 8.59. The van der Waals surface area contributed by atoms with E-state index in [9.17, 15) is 9.59 Å². The van der Waals surface area contributed by atoms with Crippen molar-refractivity contribution in [1.82, 2.24) is 14.9 Å². The van der Waals surface area contributed by atoms with E-state index >= 15 is 0 Å². The molecule has 0 atom stereocenters. The SMILES string of the molecule is CC(C)c1cnc(NC(=O)Cc2csc(NC(=O)CN3CCCCC3)n2)s1. The predicted molar refractivity (Wildman–Crippen MR) is 110 cm³/mol. The van der Waals surface area contributed by atoms with Gasteiger partial charge in [-0.15, -0.1) is 22.7 Å². The van der Waals surface area contributed by atoms with Gasteiger partial charge in [-0.1, -0.05) is 20.3 Å². The number of aromatic nitrogens is 2. The van der Waals surface area contributed by atoms with Crippen LogP contribution in [0.3, 0.4) is 0 Å². The highest BCUT2D eigenvalue weighted by molar-refractivity contribution is 7.15. The summed E-state index contributed by atoms with van der Waals surface area (Å²) in [7, 11) is 0. The first kappa shape index (κ1) is 19.9. The highest BCUT2D eigenvalue weighted by atomic mass is 32.1. The average Bonchev–Trinajstić information content (AvgIpc) is 3.25. The molecule has 0 saturated carbocycles. The van der Waals surface area contributed by atoms with E-state index in [1.807, 2.05) is 0 Å². The van der Waals surface area contributed by atoms with Crippen molar-refractivity contribution >= 4 is 44.8 Å². The first-order valence-corrected chi connectivity index (χ1v) is 10.9. The standard InChI is InChI=1S/C18H25N5O2S2/c1-12(2)14-9-19-17(27-14)21-15(24)8-13-11-26-18(20-13)22-16(25)10-23-6-4-3-5-7-23/h9,11-12H,3-8,10H2,1-2H3,(H,19,21,24)(H,20,22,25). The zero-order valence-electron chi connectivity index (χ0n) is 15.7. The van der Waals surface area contributed by atoms with Gasteiger partial charge in [-0.25, -0.2) is 9.97 Å². The number of piperidine rings is 1. The first-order valence-electron chi connectivity index (χ1n) is 9.22. The third-order valence-corrected chi connectivity index (χ3v) is 6.31. The maximum Gasteiger partial charge on any atom is 0.240 e. The second-order valence-corrected chi connectivity index (χ2v) is 8.90. The maximum absolute atomic E-state index is 12.2. The zero-order valence-corrected chi connectivity index (χ0v) is 17.3. The van der Waals surface area contributed by atoms with Crippen LogP contribution in [-0.2, 0) is 16.0 Å². The molecule has 0 bridgehead atoms. The fraction of sp³-hybridized carbons (Fsp3) is 0.556. The average molecular weight is 408 g/mol. The number of anilines is 2. The summed E-state index contributed by atoms with van der Waals surface area (Å²) in [6.07, 6.45) is 5.51. The van der Waals surface area contributed by atoms with Crippen molar-refractivity contribution in [1.29, 1.82) is 0 Å². The second kappa shape index (κ2) is 9.38. The number of hydrogen-bond acceptors (Lipinski definition) is 7. The molecule has 2 N–H and O–H groups in total. The molecule has 0 aromatic carbocycles. The van der Waals surface area contributed by atoms with E-state index in [-0.39, 0.29) is 18.2 Å². The van der Waals surface area contributed by atoms with Crippen LogP contribution in [0.4, 0.5) is 10.3 Å². The molecule has 3 rings (SSSR count). The quantitative estimate of drug-likeness (QED) is 0.735. The van der Waals surface area contributed by atoms with E-state index < -0.39 is 0 Å². The highest BCUT2D eigenvalue weighted by Gasteiger charge is 2.16. The molecule has 0 unspecified atom stereocenters. The van der Waals surface area contributed by atoms with Gasteiger partial charge in [0.25, 0.3) is 0 Å². The van der Waals surface area contributed by atoms with Crippen molar-refractivity contribution in [2.24, 2.45) is 0 Å². The third kappa shape index (κ3) is 6.08. The van der Waals surface area contributed by atoms with Crippen LogP contribution >= 0.6 is 22.7 Å². The Morgan fingerprint density at radius 3 is 2.59 bits per heavy atom. The summed E-state index contributed by atoms with van der Waals surface area (Å²) in [5.74, 6) is 0.185. The van der Waals surface area contributed by atoms with E-state index in [0.717, 1.165) is 30.8 Å². The molecule has 27 heavy (non-hydrogen) atoms. The molecule has 2 amide bonds. The van der Waals surface area contributed by atoms with Crippen LogP contribution in [0.2, 0.25) is 0 Å². The molecule has 3 heterocycles. The fourth-order valence-electron chi connectivity index (χ4n) is 2.86. The van der Waals surface area contributed by atoms with Crippen molar-refractivity contribution in [2.75, 3.05) is 30.3 Å². The number of rotatable bonds is 7. The Bertz CT molecular complexity index is 780. The van der Waals surface area contributed by atoms with Crippen LogP contribution in [0, 0.1) is 0 Å². The topological polar surface area (TPSA) is 87.2 Å². The molecular weight excluding hydrogens is 382 g/mol.